The third kappa shape index (κ3) is 3.82. The summed E-state index contributed by atoms with van der Waals surface area (Å²) in [6, 6.07) is 16.2. The third-order valence-corrected chi connectivity index (χ3v) is 4.67. The lowest BCUT2D eigenvalue weighted by atomic mass is 9.95. The van der Waals surface area contributed by atoms with Gasteiger partial charge in [-0.25, -0.2) is 17.9 Å². The molecule has 1 heterocycles. The summed E-state index contributed by atoms with van der Waals surface area (Å²) in [5.74, 6) is -0.637. The molecule has 4 aromatic rings. The van der Waals surface area contributed by atoms with E-state index in [1.54, 1.807) is 41.2 Å². The molecule has 0 spiro atoms. The first-order valence-corrected chi connectivity index (χ1v) is 8.89. The van der Waals surface area contributed by atoms with E-state index in [1.165, 1.54) is 30.3 Å². The fourth-order valence-corrected chi connectivity index (χ4v) is 3.07. The molecule has 3 aromatic carbocycles. The number of hydrogen-bond donors (Lipinski definition) is 1. The standard InChI is InChI=1S/C22H17F3N2O2/c23-13-22(28,14-29-20-3-1-2-18(25)11-20)16-4-9-21-15(10-16)12-26-27(21)19-7-5-17(24)6-8-19/h1-12,28H,13-14H2. The van der Waals surface area contributed by atoms with Gasteiger partial charge in [-0.2, -0.15) is 5.10 Å². The number of alkyl halides is 1. The van der Waals surface area contributed by atoms with Gasteiger partial charge >= 0.3 is 0 Å². The number of halogens is 3. The molecule has 0 saturated carbocycles. The molecule has 1 atom stereocenters. The van der Waals surface area contributed by atoms with Crippen LogP contribution >= 0.6 is 0 Å². The summed E-state index contributed by atoms with van der Waals surface area (Å²) in [5.41, 5.74) is -0.210. The quantitative estimate of drug-likeness (QED) is 0.519. The van der Waals surface area contributed by atoms with Gasteiger partial charge in [-0.1, -0.05) is 12.1 Å². The lowest BCUT2D eigenvalue weighted by Gasteiger charge is -2.25. The van der Waals surface area contributed by atoms with E-state index in [-0.39, 0.29) is 18.2 Å². The summed E-state index contributed by atoms with van der Waals surface area (Å²) in [6.45, 7) is -1.47. The zero-order chi connectivity index (χ0) is 20.4. The molecule has 0 fully saturated rings. The van der Waals surface area contributed by atoms with E-state index >= 15 is 0 Å². The third-order valence-electron chi connectivity index (χ3n) is 4.67. The molecule has 0 amide bonds. The van der Waals surface area contributed by atoms with Gasteiger partial charge in [0.15, 0.2) is 5.60 Å². The first-order chi connectivity index (χ1) is 14.0. The van der Waals surface area contributed by atoms with Gasteiger partial charge in [-0.05, 0) is 54.1 Å². The van der Waals surface area contributed by atoms with Gasteiger partial charge in [-0.3, -0.25) is 0 Å². The van der Waals surface area contributed by atoms with Crippen molar-refractivity contribution in [3.8, 4) is 11.4 Å². The number of benzene rings is 3. The molecule has 7 heteroatoms. The molecule has 0 saturated heterocycles. The number of hydrogen-bond acceptors (Lipinski definition) is 3. The molecule has 0 radical (unpaired) electrons. The van der Waals surface area contributed by atoms with Gasteiger partial charge in [0.05, 0.1) is 17.4 Å². The van der Waals surface area contributed by atoms with Gasteiger partial charge in [0.2, 0.25) is 0 Å². The molecule has 0 aliphatic rings. The van der Waals surface area contributed by atoms with Crippen LogP contribution in [0.1, 0.15) is 5.56 Å². The van der Waals surface area contributed by atoms with Gasteiger partial charge < -0.3 is 9.84 Å². The Bertz CT molecular complexity index is 1140. The summed E-state index contributed by atoms with van der Waals surface area (Å²) in [4.78, 5) is 0. The topological polar surface area (TPSA) is 47.3 Å². The maximum absolute atomic E-state index is 13.8. The highest BCUT2D eigenvalue weighted by atomic mass is 19.1. The van der Waals surface area contributed by atoms with Crippen molar-refractivity contribution in [3.05, 3.63) is 90.1 Å². The first kappa shape index (κ1) is 19.0. The number of fused-ring (bicyclic) bond motifs is 1. The molecular weight excluding hydrogens is 381 g/mol. The van der Waals surface area contributed by atoms with Crippen molar-refractivity contribution in [2.45, 2.75) is 5.60 Å². The van der Waals surface area contributed by atoms with E-state index < -0.39 is 18.1 Å². The number of ether oxygens (including phenoxy) is 1. The van der Waals surface area contributed by atoms with Gasteiger partial charge in [0, 0.05) is 11.5 Å². The van der Waals surface area contributed by atoms with E-state index in [9.17, 15) is 18.3 Å². The Morgan fingerprint density at radius 1 is 0.966 bits per heavy atom. The fraction of sp³-hybridized carbons (Fsp3) is 0.136. The molecule has 0 aliphatic carbocycles. The van der Waals surface area contributed by atoms with Crippen LogP contribution in [0.4, 0.5) is 13.2 Å². The van der Waals surface area contributed by atoms with Crippen LogP contribution in [0.3, 0.4) is 0 Å². The van der Waals surface area contributed by atoms with Crippen molar-refractivity contribution in [1.29, 1.82) is 0 Å². The Kier molecular flexibility index (Phi) is 4.98. The van der Waals surface area contributed by atoms with Crippen molar-refractivity contribution in [2.75, 3.05) is 13.3 Å². The van der Waals surface area contributed by atoms with E-state index in [0.717, 1.165) is 6.07 Å². The SMILES string of the molecule is OC(CF)(COc1cccc(F)c1)c1ccc2c(cnn2-c2ccc(F)cc2)c1. The molecule has 1 unspecified atom stereocenters. The smallest absolute Gasteiger partial charge is 0.152 e. The van der Waals surface area contributed by atoms with Crippen molar-refractivity contribution in [2.24, 2.45) is 0 Å². The molecule has 4 nitrogen and oxygen atoms in total. The van der Waals surface area contributed by atoms with E-state index in [4.69, 9.17) is 4.74 Å². The summed E-state index contributed by atoms with van der Waals surface area (Å²) in [7, 11) is 0. The second-order valence-corrected chi connectivity index (χ2v) is 6.72. The minimum absolute atomic E-state index is 0.196. The van der Waals surface area contributed by atoms with Crippen LogP contribution in [0.5, 0.6) is 5.75 Å². The van der Waals surface area contributed by atoms with Crippen LogP contribution in [-0.2, 0) is 5.60 Å². The van der Waals surface area contributed by atoms with Crippen molar-refractivity contribution in [3.63, 3.8) is 0 Å². The molecule has 1 aromatic heterocycles. The lowest BCUT2D eigenvalue weighted by molar-refractivity contribution is -0.0290. The van der Waals surface area contributed by atoms with Crippen molar-refractivity contribution >= 4 is 10.9 Å². The normalized spacial score (nSPS) is 13.4. The number of aliphatic hydroxyl groups is 1. The largest absolute Gasteiger partial charge is 0.490 e. The lowest BCUT2D eigenvalue weighted by Crippen LogP contribution is -2.35. The van der Waals surface area contributed by atoms with Gasteiger partial charge in [0.25, 0.3) is 0 Å². The maximum atomic E-state index is 13.8. The van der Waals surface area contributed by atoms with Gasteiger partial charge in [-0.15, -0.1) is 0 Å². The van der Waals surface area contributed by atoms with E-state index in [2.05, 4.69) is 5.10 Å². The summed E-state index contributed by atoms with van der Waals surface area (Å²) < 4.78 is 47.2. The molecule has 29 heavy (non-hydrogen) atoms. The average molecular weight is 398 g/mol. The Morgan fingerprint density at radius 3 is 2.48 bits per heavy atom. The van der Waals surface area contributed by atoms with Crippen molar-refractivity contribution in [1.82, 2.24) is 9.78 Å². The molecule has 148 valence electrons. The van der Waals surface area contributed by atoms with Crippen LogP contribution in [0, 0.1) is 11.6 Å². The van der Waals surface area contributed by atoms with E-state index in [0.29, 0.717) is 22.2 Å². The molecule has 1 N–H and O–H groups in total. The summed E-state index contributed by atoms with van der Waals surface area (Å²) in [5, 5.41) is 15.7. The predicted octanol–water partition coefficient (Wildman–Crippen LogP) is 4.54. The van der Waals surface area contributed by atoms with Crippen LogP contribution in [0.15, 0.2) is 72.9 Å². The Balaban J connectivity index is 1.62. The van der Waals surface area contributed by atoms with E-state index in [1.807, 2.05) is 0 Å². The average Bonchev–Trinajstić information content (AvgIpc) is 3.16. The highest BCUT2D eigenvalue weighted by molar-refractivity contribution is 5.81. The Labute approximate surface area is 164 Å². The zero-order valence-electron chi connectivity index (χ0n) is 15.2. The molecule has 4 rings (SSSR count). The minimum Gasteiger partial charge on any atom is -0.490 e. The van der Waals surface area contributed by atoms with Crippen LogP contribution < -0.4 is 4.74 Å². The number of nitrogens with zero attached hydrogens (tertiary/aromatic N) is 2. The highest BCUT2D eigenvalue weighted by Crippen LogP contribution is 2.28. The Hall–Kier alpha value is -3.32. The first-order valence-electron chi connectivity index (χ1n) is 8.89. The maximum Gasteiger partial charge on any atom is 0.152 e. The highest BCUT2D eigenvalue weighted by Gasteiger charge is 2.31. The predicted molar refractivity (Wildman–Crippen MR) is 103 cm³/mol. The number of aromatic nitrogens is 2. The fourth-order valence-electron chi connectivity index (χ4n) is 3.07. The second kappa shape index (κ2) is 7.60. The second-order valence-electron chi connectivity index (χ2n) is 6.72. The zero-order valence-corrected chi connectivity index (χ0v) is 15.2. The van der Waals surface area contributed by atoms with Crippen LogP contribution in [-0.4, -0.2) is 28.2 Å². The molecule has 0 aliphatic heterocycles. The summed E-state index contributed by atoms with van der Waals surface area (Å²) >= 11 is 0. The molecule has 0 bridgehead atoms. The summed E-state index contributed by atoms with van der Waals surface area (Å²) in [6.07, 6.45) is 1.58. The number of rotatable bonds is 6. The van der Waals surface area contributed by atoms with Crippen molar-refractivity contribution < 1.29 is 23.0 Å². The molecular formula is C22H17F3N2O2. The minimum atomic E-state index is -1.90. The monoisotopic (exact) mass is 398 g/mol. The van der Waals surface area contributed by atoms with Crippen LogP contribution in [0.2, 0.25) is 0 Å². The van der Waals surface area contributed by atoms with Crippen LogP contribution in [0.25, 0.3) is 16.6 Å². The van der Waals surface area contributed by atoms with Gasteiger partial charge in [0.1, 0.15) is 30.7 Å². The Morgan fingerprint density at radius 2 is 1.76 bits per heavy atom.